The first-order valence-corrected chi connectivity index (χ1v) is 7.38. The molecule has 23 heavy (non-hydrogen) atoms. The number of nitrogens with two attached hydrogens (primary N) is 1. The minimum atomic E-state index is 0.259. The Labute approximate surface area is 135 Å². The molecule has 6 nitrogen and oxygen atoms in total. The Kier molecular flexibility index (Phi) is 5.64. The van der Waals surface area contributed by atoms with Crippen LogP contribution < -0.4 is 20.5 Å². The highest BCUT2D eigenvalue weighted by molar-refractivity contribution is 5.64. The molecule has 0 saturated heterocycles. The third-order valence-corrected chi connectivity index (χ3v) is 3.30. The maximum Gasteiger partial charge on any atom is 0.235 e. The van der Waals surface area contributed by atoms with Gasteiger partial charge in [0.25, 0.3) is 0 Å². The van der Waals surface area contributed by atoms with Crippen molar-refractivity contribution in [1.82, 2.24) is 4.98 Å². The fraction of sp³-hybridized carbons (Fsp3) is 0.294. The molecule has 2 aromatic rings. The van der Waals surface area contributed by atoms with E-state index in [0.717, 1.165) is 17.7 Å². The molecule has 0 aliphatic rings. The monoisotopic (exact) mass is 312 g/mol. The smallest absolute Gasteiger partial charge is 0.235 e. The summed E-state index contributed by atoms with van der Waals surface area (Å²) in [5, 5.41) is 12.3. The van der Waals surface area contributed by atoms with E-state index in [9.17, 15) is 0 Å². The number of nitrogens with zero attached hydrogens (tertiary/aromatic N) is 2. The highest BCUT2D eigenvalue weighted by atomic mass is 16.5. The number of ether oxygens (including phenoxy) is 2. The van der Waals surface area contributed by atoms with Gasteiger partial charge in [0, 0.05) is 12.6 Å². The molecule has 0 amide bonds. The van der Waals surface area contributed by atoms with Gasteiger partial charge in [0.1, 0.15) is 23.2 Å². The number of hydrogen-bond acceptors (Lipinski definition) is 6. The molecular weight excluding hydrogens is 292 g/mol. The van der Waals surface area contributed by atoms with Gasteiger partial charge in [-0.2, -0.15) is 10.2 Å². The second kappa shape index (κ2) is 7.90. The molecule has 0 fully saturated rings. The van der Waals surface area contributed by atoms with E-state index >= 15 is 0 Å². The van der Waals surface area contributed by atoms with Gasteiger partial charge in [-0.3, -0.25) is 0 Å². The highest BCUT2D eigenvalue weighted by Gasteiger charge is 2.11. The maximum atomic E-state index is 9.11. The van der Waals surface area contributed by atoms with Gasteiger partial charge in [0.15, 0.2) is 0 Å². The number of methoxy groups -OCH3 is 1. The van der Waals surface area contributed by atoms with E-state index in [1.165, 1.54) is 0 Å². The predicted octanol–water partition coefficient (Wildman–Crippen LogP) is 2.60. The SMILES string of the molecule is CCOc1nc(NCCc2ccccc2OC)cc(N)c1C#N. The number of hydrogen-bond donors (Lipinski definition) is 2. The van der Waals surface area contributed by atoms with Gasteiger partial charge < -0.3 is 20.5 Å². The Hall–Kier alpha value is -2.94. The van der Waals surface area contributed by atoms with Crippen LogP contribution in [-0.4, -0.2) is 25.2 Å². The van der Waals surface area contributed by atoms with Crippen molar-refractivity contribution < 1.29 is 9.47 Å². The van der Waals surface area contributed by atoms with Gasteiger partial charge in [0.2, 0.25) is 5.88 Å². The van der Waals surface area contributed by atoms with Crippen LogP contribution in [0.2, 0.25) is 0 Å². The molecule has 0 atom stereocenters. The molecule has 0 spiro atoms. The fourth-order valence-electron chi connectivity index (χ4n) is 2.22. The number of benzene rings is 1. The topological polar surface area (TPSA) is 93.2 Å². The van der Waals surface area contributed by atoms with Crippen LogP contribution in [0.1, 0.15) is 18.1 Å². The number of nitrogens with one attached hydrogen (secondary N) is 1. The van der Waals surface area contributed by atoms with E-state index in [0.29, 0.717) is 24.7 Å². The average molecular weight is 312 g/mol. The van der Waals surface area contributed by atoms with E-state index in [4.69, 9.17) is 20.5 Å². The van der Waals surface area contributed by atoms with E-state index < -0.39 is 0 Å². The molecule has 1 heterocycles. The molecule has 0 saturated carbocycles. The number of anilines is 2. The molecule has 1 aromatic heterocycles. The van der Waals surface area contributed by atoms with Crippen LogP contribution in [-0.2, 0) is 6.42 Å². The third-order valence-electron chi connectivity index (χ3n) is 3.30. The molecule has 120 valence electrons. The second-order valence-corrected chi connectivity index (χ2v) is 4.81. The molecule has 2 rings (SSSR count). The molecular formula is C17H20N4O2. The Morgan fingerprint density at radius 2 is 2.13 bits per heavy atom. The Bertz CT molecular complexity index is 710. The number of nitrogen functional groups attached to an aromatic ring is 1. The van der Waals surface area contributed by atoms with Crippen LogP contribution in [0.4, 0.5) is 11.5 Å². The predicted molar refractivity (Wildman–Crippen MR) is 89.7 cm³/mol. The van der Waals surface area contributed by atoms with Gasteiger partial charge in [-0.1, -0.05) is 18.2 Å². The second-order valence-electron chi connectivity index (χ2n) is 4.81. The minimum Gasteiger partial charge on any atom is -0.496 e. The van der Waals surface area contributed by atoms with Gasteiger partial charge in [-0.25, -0.2) is 0 Å². The summed E-state index contributed by atoms with van der Waals surface area (Å²) in [6, 6.07) is 11.5. The van der Waals surface area contributed by atoms with Gasteiger partial charge in [-0.15, -0.1) is 0 Å². The largest absolute Gasteiger partial charge is 0.496 e. The summed E-state index contributed by atoms with van der Waals surface area (Å²) in [6.45, 7) is 2.91. The fourth-order valence-corrected chi connectivity index (χ4v) is 2.22. The van der Waals surface area contributed by atoms with Crippen molar-refractivity contribution in [2.24, 2.45) is 0 Å². The standard InChI is InChI=1S/C17H20N4O2/c1-3-23-17-13(11-18)14(19)10-16(21-17)20-9-8-12-6-4-5-7-15(12)22-2/h4-7,10H,3,8-9H2,1-2H3,(H3,19,20,21). The number of para-hydroxylation sites is 1. The summed E-state index contributed by atoms with van der Waals surface area (Å²) in [5.41, 5.74) is 7.61. The zero-order valence-corrected chi connectivity index (χ0v) is 13.3. The third kappa shape index (κ3) is 4.04. The lowest BCUT2D eigenvalue weighted by molar-refractivity contribution is 0.326. The summed E-state index contributed by atoms with van der Waals surface area (Å²) >= 11 is 0. The van der Waals surface area contributed by atoms with Crippen LogP contribution in [0.15, 0.2) is 30.3 Å². The maximum absolute atomic E-state index is 9.11. The summed E-state index contributed by atoms with van der Waals surface area (Å²) in [7, 11) is 1.66. The van der Waals surface area contributed by atoms with Crippen LogP contribution in [0.5, 0.6) is 11.6 Å². The average Bonchev–Trinajstić information content (AvgIpc) is 2.55. The van der Waals surface area contributed by atoms with Crippen molar-refractivity contribution in [3.05, 3.63) is 41.5 Å². The summed E-state index contributed by atoms with van der Waals surface area (Å²) in [5.74, 6) is 1.70. The highest BCUT2D eigenvalue weighted by Crippen LogP contribution is 2.25. The van der Waals surface area contributed by atoms with Crippen molar-refractivity contribution >= 4 is 11.5 Å². The number of nitriles is 1. The normalized spacial score (nSPS) is 9.96. The molecule has 6 heteroatoms. The summed E-state index contributed by atoms with van der Waals surface area (Å²) in [6.07, 6.45) is 0.773. The molecule has 0 bridgehead atoms. The molecule has 0 aliphatic carbocycles. The summed E-state index contributed by atoms with van der Waals surface area (Å²) < 4.78 is 10.7. The lowest BCUT2D eigenvalue weighted by Crippen LogP contribution is -2.09. The van der Waals surface area contributed by atoms with E-state index in [1.54, 1.807) is 13.2 Å². The first kappa shape index (κ1) is 16.4. The molecule has 0 aliphatic heterocycles. The van der Waals surface area contributed by atoms with Crippen molar-refractivity contribution in [3.63, 3.8) is 0 Å². The van der Waals surface area contributed by atoms with Crippen LogP contribution in [0.25, 0.3) is 0 Å². The zero-order valence-electron chi connectivity index (χ0n) is 13.3. The Balaban J connectivity index is 2.07. The number of pyridine rings is 1. The summed E-state index contributed by atoms with van der Waals surface area (Å²) in [4.78, 5) is 4.30. The molecule has 3 N–H and O–H groups in total. The number of aromatic nitrogens is 1. The van der Waals surface area contributed by atoms with Crippen molar-refractivity contribution in [2.45, 2.75) is 13.3 Å². The first-order chi connectivity index (χ1) is 11.2. The Morgan fingerprint density at radius 1 is 1.35 bits per heavy atom. The minimum absolute atomic E-state index is 0.259. The van der Waals surface area contributed by atoms with Crippen molar-refractivity contribution in [1.29, 1.82) is 5.26 Å². The lowest BCUT2D eigenvalue weighted by Gasteiger charge is -2.12. The van der Waals surface area contributed by atoms with Crippen molar-refractivity contribution in [3.8, 4) is 17.7 Å². The van der Waals surface area contributed by atoms with E-state index in [2.05, 4.69) is 10.3 Å². The van der Waals surface area contributed by atoms with Crippen LogP contribution in [0, 0.1) is 11.3 Å². The van der Waals surface area contributed by atoms with Crippen LogP contribution >= 0.6 is 0 Å². The van der Waals surface area contributed by atoms with Crippen LogP contribution in [0.3, 0.4) is 0 Å². The van der Waals surface area contributed by atoms with E-state index in [-0.39, 0.29) is 11.4 Å². The molecule has 0 unspecified atom stereocenters. The van der Waals surface area contributed by atoms with E-state index in [1.807, 2.05) is 37.3 Å². The quantitative estimate of drug-likeness (QED) is 0.816. The van der Waals surface area contributed by atoms with Gasteiger partial charge in [0.05, 0.1) is 19.4 Å². The van der Waals surface area contributed by atoms with Crippen molar-refractivity contribution in [2.75, 3.05) is 31.3 Å². The lowest BCUT2D eigenvalue weighted by atomic mass is 10.1. The first-order valence-electron chi connectivity index (χ1n) is 7.38. The molecule has 1 aromatic carbocycles. The van der Waals surface area contributed by atoms with Gasteiger partial charge >= 0.3 is 0 Å². The number of rotatable bonds is 7. The van der Waals surface area contributed by atoms with Gasteiger partial charge in [-0.05, 0) is 25.0 Å². The zero-order chi connectivity index (χ0) is 16.7. The molecule has 0 radical (unpaired) electrons. The Morgan fingerprint density at radius 3 is 2.83 bits per heavy atom.